The third-order valence-electron chi connectivity index (χ3n) is 4.82. The first-order valence-corrected chi connectivity index (χ1v) is 9.81. The largest absolute Gasteiger partial charge is 0.490 e. The SMILES string of the molecule is CCOc1ccc([C@H](C)N[C@@H](C)C(=O)c2c[nH]c3ccccc23)cc1OCC. The summed E-state index contributed by atoms with van der Waals surface area (Å²) >= 11 is 0. The van der Waals surface area contributed by atoms with Crippen LogP contribution in [-0.4, -0.2) is 30.0 Å². The van der Waals surface area contributed by atoms with E-state index in [9.17, 15) is 4.79 Å². The fourth-order valence-electron chi connectivity index (χ4n) is 3.39. The molecule has 0 aliphatic rings. The van der Waals surface area contributed by atoms with Crippen molar-refractivity contribution >= 4 is 16.7 Å². The predicted molar refractivity (Wildman–Crippen MR) is 112 cm³/mol. The van der Waals surface area contributed by atoms with Gasteiger partial charge in [-0.2, -0.15) is 0 Å². The van der Waals surface area contributed by atoms with Gasteiger partial charge in [-0.1, -0.05) is 24.3 Å². The van der Waals surface area contributed by atoms with Crippen LogP contribution >= 0.6 is 0 Å². The maximum absolute atomic E-state index is 13.0. The van der Waals surface area contributed by atoms with Crippen LogP contribution in [0.3, 0.4) is 0 Å². The Morgan fingerprint density at radius 3 is 2.50 bits per heavy atom. The van der Waals surface area contributed by atoms with Crippen molar-refractivity contribution in [2.45, 2.75) is 39.8 Å². The van der Waals surface area contributed by atoms with E-state index in [1.807, 2.05) is 70.2 Å². The van der Waals surface area contributed by atoms with Crippen molar-refractivity contribution in [1.82, 2.24) is 10.3 Å². The van der Waals surface area contributed by atoms with Gasteiger partial charge in [-0.25, -0.2) is 0 Å². The second kappa shape index (κ2) is 8.93. The van der Waals surface area contributed by atoms with E-state index in [-0.39, 0.29) is 17.9 Å². The van der Waals surface area contributed by atoms with Gasteiger partial charge in [-0.15, -0.1) is 0 Å². The first kappa shape index (κ1) is 20.0. The van der Waals surface area contributed by atoms with Gasteiger partial charge >= 0.3 is 0 Å². The van der Waals surface area contributed by atoms with Crippen LogP contribution in [0.2, 0.25) is 0 Å². The zero-order valence-corrected chi connectivity index (χ0v) is 16.9. The number of carbonyl (C=O) groups excluding carboxylic acids is 1. The van der Waals surface area contributed by atoms with Gasteiger partial charge in [0.1, 0.15) is 0 Å². The Balaban J connectivity index is 1.75. The molecule has 3 rings (SSSR count). The number of fused-ring (bicyclic) bond motifs is 1. The second-order valence-electron chi connectivity index (χ2n) is 6.79. The lowest BCUT2D eigenvalue weighted by molar-refractivity contribution is 0.0947. The van der Waals surface area contributed by atoms with Crippen molar-refractivity contribution in [2.24, 2.45) is 0 Å². The van der Waals surface area contributed by atoms with E-state index < -0.39 is 0 Å². The number of H-pyrrole nitrogens is 1. The molecule has 0 aliphatic heterocycles. The quantitative estimate of drug-likeness (QED) is 0.519. The number of ether oxygens (including phenoxy) is 2. The lowest BCUT2D eigenvalue weighted by atomic mass is 10.0. The lowest BCUT2D eigenvalue weighted by Gasteiger charge is -2.21. The molecule has 5 nitrogen and oxygen atoms in total. The topological polar surface area (TPSA) is 63.3 Å². The van der Waals surface area contributed by atoms with Gasteiger partial charge in [0.2, 0.25) is 0 Å². The Bertz CT molecular complexity index is 948. The van der Waals surface area contributed by atoms with Gasteiger partial charge < -0.3 is 19.8 Å². The molecule has 0 radical (unpaired) electrons. The highest BCUT2D eigenvalue weighted by Gasteiger charge is 2.21. The van der Waals surface area contributed by atoms with Crippen molar-refractivity contribution in [3.05, 3.63) is 59.8 Å². The first-order chi connectivity index (χ1) is 13.5. The molecule has 28 heavy (non-hydrogen) atoms. The summed E-state index contributed by atoms with van der Waals surface area (Å²) in [5.41, 5.74) is 2.73. The number of rotatable bonds is 9. The molecule has 1 aromatic heterocycles. The number of benzene rings is 2. The predicted octanol–water partition coefficient (Wildman–Crippen LogP) is 4.89. The van der Waals surface area contributed by atoms with E-state index in [1.165, 1.54) is 0 Å². The summed E-state index contributed by atoms with van der Waals surface area (Å²) in [5, 5.41) is 4.36. The molecule has 0 bridgehead atoms. The molecule has 2 aromatic carbocycles. The van der Waals surface area contributed by atoms with Gasteiger partial charge in [0.25, 0.3) is 0 Å². The Labute approximate surface area is 166 Å². The molecule has 0 saturated carbocycles. The zero-order chi connectivity index (χ0) is 20.1. The van der Waals surface area contributed by atoms with E-state index in [1.54, 1.807) is 6.20 Å². The van der Waals surface area contributed by atoms with Crippen molar-refractivity contribution < 1.29 is 14.3 Å². The van der Waals surface area contributed by atoms with Crippen LogP contribution in [0.25, 0.3) is 10.9 Å². The van der Waals surface area contributed by atoms with Crippen LogP contribution in [-0.2, 0) is 0 Å². The number of aromatic amines is 1. The summed E-state index contributed by atoms with van der Waals surface area (Å²) in [6.45, 7) is 9.01. The maximum atomic E-state index is 13.0. The number of Topliss-reactive ketones (excluding diaryl/α,β-unsaturated/α-hetero) is 1. The van der Waals surface area contributed by atoms with Crippen LogP contribution < -0.4 is 14.8 Å². The molecule has 2 atom stereocenters. The number of carbonyl (C=O) groups is 1. The molecule has 0 spiro atoms. The molecular formula is C23H28N2O3. The van der Waals surface area contributed by atoms with E-state index in [0.717, 1.165) is 28.0 Å². The minimum Gasteiger partial charge on any atom is -0.490 e. The van der Waals surface area contributed by atoms with Crippen LogP contribution in [0.15, 0.2) is 48.7 Å². The highest BCUT2D eigenvalue weighted by atomic mass is 16.5. The van der Waals surface area contributed by atoms with E-state index >= 15 is 0 Å². The monoisotopic (exact) mass is 380 g/mol. The molecule has 0 aliphatic carbocycles. The summed E-state index contributed by atoms with van der Waals surface area (Å²) in [6.07, 6.45) is 1.79. The molecule has 5 heteroatoms. The minimum absolute atomic E-state index is 0.0148. The Morgan fingerprint density at radius 1 is 1.04 bits per heavy atom. The van der Waals surface area contributed by atoms with Gasteiger partial charge in [0.05, 0.1) is 19.3 Å². The average Bonchev–Trinajstić information content (AvgIpc) is 3.13. The molecule has 148 valence electrons. The van der Waals surface area contributed by atoms with Crippen molar-refractivity contribution in [2.75, 3.05) is 13.2 Å². The van der Waals surface area contributed by atoms with Crippen molar-refractivity contribution in [3.63, 3.8) is 0 Å². The first-order valence-electron chi connectivity index (χ1n) is 9.81. The van der Waals surface area contributed by atoms with Crippen LogP contribution in [0.4, 0.5) is 0 Å². The summed E-state index contributed by atoms with van der Waals surface area (Å²) in [7, 11) is 0. The third-order valence-corrected chi connectivity index (χ3v) is 4.82. The Morgan fingerprint density at radius 2 is 1.75 bits per heavy atom. The summed E-state index contributed by atoms with van der Waals surface area (Å²) < 4.78 is 11.3. The van der Waals surface area contributed by atoms with E-state index in [0.29, 0.717) is 18.8 Å². The molecule has 2 N–H and O–H groups in total. The highest BCUT2D eigenvalue weighted by molar-refractivity contribution is 6.10. The van der Waals surface area contributed by atoms with Crippen LogP contribution in [0.5, 0.6) is 11.5 Å². The molecule has 0 amide bonds. The van der Waals surface area contributed by atoms with Crippen LogP contribution in [0.1, 0.15) is 49.7 Å². The molecular weight excluding hydrogens is 352 g/mol. The number of nitrogens with one attached hydrogen (secondary N) is 2. The maximum Gasteiger partial charge on any atom is 0.181 e. The fourth-order valence-corrected chi connectivity index (χ4v) is 3.39. The van der Waals surface area contributed by atoms with Gasteiger partial charge in [-0.3, -0.25) is 4.79 Å². The molecule has 0 saturated heterocycles. The van der Waals surface area contributed by atoms with Crippen molar-refractivity contribution in [1.29, 1.82) is 0 Å². The van der Waals surface area contributed by atoms with Gasteiger partial charge in [0.15, 0.2) is 17.3 Å². The molecule has 1 heterocycles. The van der Waals surface area contributed by atoms with Crippen LogP contribution in [0, 0.1) is 0 Å². The fraction of sp³-hybridized carbons (Fsp3) is 0.348. The number of hydrogen-bond donors (Lipinski definition) is 2. The third kappa shape index (κ3) is 4.20. The summed E-state index contributed by atoms with van der Waals surface area (Å²) in [5.74, 6) is 1.54. The summed E-state index contributed by atoms with van der Waals surface area (Å²) in [6, 6.07) is 13.4. The summed E-state index contributed by atoms with van der Waals surface area (Å²) in [4.78, 5) is 16.1. The average molecular weight is 380 g/mol. The van der Waals surface area contributed by atoms with Gasteiger partial charge in [0, 0.05) is 28.7 Å². The lowest BCUT2D eigenvalue weighted by Crippen LogP contribution is -2.35. The number of hydrogen-bond acceptors (Lipinski definition) is 4. The van der Waals surface area contributed by atoms with Crippen molar-refractivity contribution in [3.8, 4) is 11.5 Å². The smallest absolute Gasteiger partial charge is 0.181 e. The standard InChI is InChI=1S/C23H28N2O3/c1-5-27-21-12-11-17(13-22(21)28-6-2)15(3)25-16(4)23(26)19-14-24-20-10-8-7-9-18(19)20/h7-16,24-25H,5-6H2,1-4H3/t15-,16-/m0/s1. The van der Waals surface area contributed by atoms with E-state index in [4.69, 9.17) is 9.47 Å². The highest BCUT2D eigenvalue weighted by Crippen LogP contribution is 2.31. The molecule has 0 fully saturated rings. The number of aromatic nitrogens is 1. The zero-order valence-electron chi connectivity index (χ0n) is 16.9. The second-order valence-corrected chi connectivity index (χ2v) is 6.79. The normalized spacial score (nSPS) is 13.3. The Kier molecular flexibility index (Phi) is 6.37. The number of ketones is 1. The number of para-hydroxylation sites is 1. The van der Waals surface area contributed by atoms with Gasteiger partial charge in [-0.05, 0) is 51.5 Å². The molecule has 0 unspecified atom stereocenters. The Hall–Kier alpha value is -2.79. The van der Waals surface area contributed by atoms with E-state index in [2.05, 4.69) is 10.3 Å². The molecule has 3 aromatic rings. The minimum atomic E-state index is -0.323.